The van der Waals surface area contributed by atoms with Gasteiger partial charge in [0.25, 0.3) is 0 Å². The zero-order chi connectivity index (χ0) is 14.5. The van der Waals surface area contributed by atoms with Crippen LogP contribution in [0.4, 0.5) is 5.82 Å². The van der Waals surface area contributed by atoms with Crippen molar-refractivity contribution in [2.75, 3.05) is 19.0 Å². The zero-order valence-electron chi connectivity index (χ0n) is 12.5. The molecule has 0 N–H and O–H groups in total. The van der Waals surface area contributed by atoms with Crippen LogP contribution >= 0.6 is 11.8 Å². The summed E-state index contributed by atoms with van der Waals surface area (Å²) in [5.41, 5.74) is 2.34. The summed E-state index contributed by atoms with van der Waals surface area (Å²) < 4.78 is 5.44. The van der Waals surface area contributed by atoms with E-state index in [4.69, 9.17) is 4.42 Å². The predicted octanol–water partition coefficient (Wildman–Crippen LogP) is 3.69. The van der Waals surface area contributed by atoms with Gasteiger partial charge in [0.15, 0.2) is 6.39 Å². The predicted molar refractivity (Wildman–Crippen MR) is 84.2 cm³/mol. The molecule has 2 heterocycles. The quantitative estimate of drug-likeness (QED) is 0.812. The third-order valence-corrected chi connectivity index (χ3v) is 3.99. The number of anilines is 1. The summed E-state index contributed by atoms with van der Waals surface area (Å²) in [6, 6.07) is 4.19. The van der Waals surface area contributed by atoms with Crippen LogP contribution in [0.1, 0.15) is 36.8 Å². The maximum absolute atomic E-state index is 5.44. The van der Waals surface area contributed by atoms with Crippen molar-refractivity contribution in [2.24, 2.45) is 0 Å². The van der Waals surface area contributed by atoms with Crippen molar-refractivity contribution in [1.29, 1.82) is 0 Å². The summed E-state index contributed by atoms with van der Waals surface area (Å²) in [5, 5.41) is 0. The van der Waals surface area contributed by atoms with E-state index in [9.17, 15) is 0 Å². The lowest BCUT2D eigenvalue weighted by Gasteiger charge is -2.12. The van der Waals surface area contributed by atoms with Crippen LogP contribution < -0.4 is 4.90 Å². The first-order valence-corrected chi connectivity index (χ1v) is 7.85. The molecule has 0 aliphatic heterocycles. The molecular formula is C15H21N3OS. The number of oxazole rings is 1. The van der Waals surface area contributed by atoms with E-state index in [0.717, 1.165) is 28.8 Å². The van der Waals surface area contributed by atoms with Crippen LogP contribution in [0.25, 0.3) is 0 Å². The third kappa shape index (κ3) is 3.76. The smallest absolute Gasteiger partial charge is 0.181 e. The second-order valence-electron chi connectivity index (χ2n) is 5.23. The molecule has 2 aromatic heterocycles. The second-order valence-corrected chi connectivity index (χ2v) is 6.21. The van der Waals surface area contributed by atoms with E-state index in [0.29, 0.717) is 5.92 Å². The molecule has 0 spiro atoms. The van der Waals surface area contributed by atoms with Crippen LogP contribution in [-0.2, 0) is 11.5 Å². The molecule has 0 saturated heterocycles. The number of nitrogens with zero attached hydrogens (tertiary/aromatic N) is 3. The Morgan fingerprint density at radius 2 is 2.05 bits per heavy atom. The van der Waals surface area contributed by atoms with Gasteiger partial charge in [-0.05, 0) is 17.7 Å². The normalized spacial score (nSPS) is 11.1. The van der Waals surface area contributed by atoms with Gasteiger partial charge in [-0.25, -0.2) is 9.97 Å². The van der Waals surface area contributed by atoms with Crippen LogP contribution in [-0.4, -0.2) is 24.1 Å². The first-order valence-electron chi connectivity index (χ1n) is 6.70. The summed E-state index contributed by atoms with van der Waals surface area (Å²) in [4.78, 5) is 10.6. The highest BCUT2D eigenvalue weighted by molar-refractivity contribution is 7.97. The molecule has 0 bridgehead atoms. The minimum absolute atomic E-state index is 0.384. The minimum Gasteiger partial charge on any atom is -0.448 e. The Morgan fingerprint density at radius 3 is 2.75 bits per heavy atom. The number of aromatic nitrogens is 2. The molecule has 0 radical (unpaired) electrons. The minimum atomic E-state index is 0.384. The van der Waals surface area contributed by atoms with Crippen molar-refractivity contribution in [3.05, 3.63) is 41.7 Å². The van der Waals surface area contributed by atoms with Crippen molar-refractivity contribution in [3.8, 4) is 0 Å². The number of pyridine rings is 1. The summed E-state index contributed by atoms with van der Waals surface area (Å²) in [5.74, 6) is 4.21. The van der Waals surface area contributed by atoms with Gasteiger partial charge in [0.05, 0.1) is 5.69 Å². The molecule has 20 heavy (non-hydrogen) atoms. The number of rotatable bonds is 6. The van der Waals surface area contributed by atoms with Crippen LogP contribution in [0.3, 0.4) is 0 Å². The highest BCUT2D eigenvalue weighted by atomic mass is 32.2. The van der Waals surface area contributed by atoms with Gasteiger partial charge in [-0.1, -0.05) is 13.8 Å². The van der Waals surface area contributed by atoms with Gasteiger partial charge >= 0.3 is 0 Å². The van der Waals surface area contributed by atoms with Crippen LogP contribution in [0.5, 0.6) is 0 Å². The summed E-state index contributed by atoms with van der Waals surface area (Å²) in [6.45, 7) is 4.25. The Bertz CT molecular complexity index is 552. The van der Waals surface area contributed by atoms with E-state index >= 15 is 0 Å². The van der Waals surface area contributed by atoms with E-state index in [2.05, 4.69) is 35.9 Å². The fourth-order valence-electron chi connectivity index (χ4n) is 1.92. The molecule has 4 nitrogen and oxygen atoms in total. The maximum atomic E-state index is 5.44. The SMILES string of the molecule is CC(C)c1ocnc1CSCc1ccnc(N(C)C)c1. The van der Waals surface area contributed by atoms with E-state index in [-0.39, 0.29) is 0 Å². The van der Waals surface area contributed by atoms with Gasteiger partial charge in [0, 0.05) is 37.7 Å². The third-order valence-electron chi connectivity index (χ3n) is 2.97. The molecule has 0 aliphatic carbocycles. The van der Waals surface area contributed by atoms with Crippen LogP contribution in [0, 0.1) is 0 Å². The number of hydrogen-bond donors (Lipinski definition) is 0. The molecular weight excluding hydrogens is 270 g/mol. The second kappa shape index (κ2) is 6.79. The van der Waals surface area contributed by atoms with Crippen LogP contribution in [0.15, 0.2) is 29.1 Å². The van der Waals surface area contributed by atoms with Gasteiger partial charge in [-0.15, -0.1) is 0 Å². The van der Waals surface area contributed by atoms with Crippen molar-refractivity contribution in [3.63, 3.8) is 0 Å². The Balaban J connectivity index is 1.93. The van der Waals surface area contributed by atoms with Crippen molar-refractivity contribution in [2.45, 2.75) is 31.3 Å². The molecule has 0 saturated carbocycles. The van der Waals surface area contributed by atoms with Crippen molar-refractivity contribution < 1.29 is 4.42 Å². The Labute approximate surface area is 124 Å². The molecule has 0 aliphatic rings. The lowest BCUT2D eigenvalue weighted by Crippen LogP contribution is -2.10. The molecule has 0 aromatic carbocycles. The maximum Gasteiger partial charge on any atom is 0.181 e. The molecule has 2 rings (SSSR count). The molecule has 0 amide bonds. The standard InChI is InChI=1S/C15H21N3OS/c1-11(2)15-13(17-10-19-15)9-20-8-12-5-6-16-14(7-12)18(3)4/h5-7,10-11H,8-9H2,1-4H3. The van der Waals surface area contributed by atoms with Gasteiger partial charge in [-0.2, -0.15) is 11.8 Å². The summed E-state index contributed by atoms with van der Waals surface area (Å²) in [6.07, 6.45) is 3.41. The molecule has 0 atom stereocenters. The Hall–Kier alpha value is -1.49. The molecule has 5 heteroatoms. The average Bonchev–Trinajstić information content (AvgIpc) is 2.87. The fourth-order valence-corrected chi connectivity index (χ4v) is 2.84. The number of thioether (sulfide) groups is 1. The topological polar surface area (TPSA) is 42.2 Å². The first-order chi connectivity index (χ1) is 9.58. The van der Waals surface area contributed by atoms with Gasteiger partial charge in [0.2, 0.25) is 0 Å². The van der Waals surface area contributed by atoms with E-state index in [1.807, 2.05) is 37.0 Å². The lowest BCUT2D eigenvalue weighted by atomic mass is 10.1. The molecule has 2 aromatic rings. The highest BCUT2D eigenvalue weighted by Gasteiger charge is 2.11. The first kappa shape index (κ1) is 14.9. The highest BCUT2D eigenvalue weighted by Crippen LogP contribution is 2.24. The average molecular weight is 291 g/mol. The van der Waals surface area contributed by atoms with Crippen molar-refractivity contribution >= 4 is 17.6 Å². The summed E-state index contributed by atoms with van der Waals surface area (Å²) >= 11 is 1.85. The van der Waals surface area contributed by atoms with E-state index in [1.165, 1.54) is 5.56 Å². The van der Waals surface area contributed by atoms with Gasteiger partial charge < -0.3 is 9.32 Å². The molecule has 0 unspecified atom stereocenters. The summed E-state index contributed by atoms with van der Waals surface area (Å²) in [7, 11) is 4.01. The zero-order valence-corrected chi connectivity index (χ0v) is 13.3. The molecule has 0 fully saturated rings. The van der Waals surface area contributed by atoms with E-state index < -0.39 is 0 Å². The van der Waals surface area contributed by atoms with Gasteiger partial charge in [-0.3, -0.25) is 0 Å². The number of hydrogen-bond acceptors (Lipinski definition) is 5. The fraction of sp³-hybridized carbons (Fsp3) is 0.467. The molecule has 108 valence electrons. The van der Waals surface area contributed by atoms with Crippen molar-refractivity contribution in [1.82, 2.24) is 9.97 Å². The monoisotopic (exact) mass is 291 g/mol. The van der Waals surface area contributed by atoms with Gasteiger partial charge in [0.1, 0.15) is 11.6 Å². The van der Waals surface area contributed by atoms with Crippen LogP contribution in [0.2, 0.25) is 0 Å². The Kier molecular flexibility index (Phi) is 5.06. The largest absolute Gasteiger partial charge is 0.448 e. The Morgan fingerprint density at radius 1 is 1.25 bits per heavy atom. The lowest BCUT2D eigenvalue weighted by molar-refractivity contribution is 0.480. The van der Waals surface area contributed by atoms with E-state index in [1.54, 1.807) is 6.39 Å².